The van der Waals surface area contributed by atoms with E-state index in [4.69, 9.17) is 0 Å². The molecule has 0 aromatic heterocycles. The van der Waals surface area contributed by atoms with Crippen molar-refractivity contribution in [3.05, 3.63) is 34.9 Å². The summed E-state index contributed by atoms with van der Waals surface area (Å²) in [6.07, 6.45) is 0.670. The van der Waals surface area contributed by atoms with Gasteiger partial charge in [0.25, 0.3) is 5.91 Å². The minimum Gasteiger partial charge on any atom is -0.322 e. The summed E-state index contributed by atoms with van der Waals surface area (Å²) in [5.41, 5.74) is 2.82. The summed E-state index contributed by atoms with van der Waals surface area (Å²) in [5.74, 6) is -0.740. The van der Waals surface area contributed by atoms with Gasteiger partial charge in [-0.15, -0.1) is 0 Å². The minimum absolute atomic E-state index is 0.0711. The quantitative estimate of drug-likeness (QED) is 0.761. The molecule has 1 aromatic rings. The van der Waals surface area contributed by atoms with Crippen LogP contribution < -0.4 is 10.6 Å². The van der Waals surface area contributed by atoms with Crippen molar-refractivity contribution in [3.8, 4) is 0 Å². The average molecular weight is 384 g/mol. The maximum Gasteiger partial charge on any atom is 0.255 e. The monoisotopic (exact) mass is 384 g/mol. The van der Waals surface area contributed by atoms with Crippen molar-refractivity contribution in [2.75, 3.05) is 13.1 Å². The van der Waals surface area contributed by atoms with Crippen molar-refractivity contribution in [1.29, 1.82) is 0 Å². The fourth-order valence-corrected chi connectivity index (χ4v) is 4.42. The van der Waals surface area contributed by atoms with Crippen LogP contribution in [0.25, 0.3) is 0 Å². The first kappa shape index (κ1) is 19.1. The minimum atomic E-state index is -0.560. The number of piperidine rings is 1. The van der Waals surface area contributed by atoms with E-state index in [1.54, 1.807) is 4.90 Å². The number of nitrogens with one attached hydrogen (secondary N) is 2. The number of fused-ring (bicyclic) bond motifs is 1. The first-order valence-electron chi connectivity index (χ1n) is 9.99. The summed E-state index contributed by atoms with van der Waals surface area (Å²) in [7, 11) is 0. The SMILES string of the molecule is CC1CNC(C)(C)CN1Cc1ccc2c(c1)C(=O)N(C1CCC(=O)NC1=O)C2. The van der Waals surface area contributed by atoms with Gasteiger partial charge in [0, 0.05) is 49.7 Å². The highest BCUT2D eigenvalue weighted by Gasteiger charge is 2.39. The van der Waals surface area contributed by atoms with Crippen molar-refractivity contribution in [2.24, 2.45) is 0 Å². The van der Waals surface area contributed by atoms with Gasteiger partial charge in [-0.1, -0.05) is 12.1 Å². The molecule has 7 heteroatoms. The Morgan fingerprint density at radius 2 is 2.00 bits per heavy atom. The van der Waals surface area contributed by atoms with Crippen LogP contribution in [-0.4, -0.2) is 58.2 Å². The second kappa shape index (κ2) is 6.97. The Morgan fingerprint density at radius 1 is 1.21 bits per heavy atom. The van der Waals surface area contributed by atoms with Crippen molar-refractivity contribution >= 4 is 17.7 Å². The molecular weight excluding hydrogens is 356 g/mol. The maximum absolute atomic E-state index is 13.0. The molecule has 4 rings (SSSR count). The van der Waals surface area contributed by atoms with Crippen molar-refractivity contribution in [2.45, 2.75) is 64.3 Å². The molecule has 0 saturated carbocycles. The number of rotatable bonds is 3. The predicted octanol–water partition coefficient (Wildman–Crippen LogP) is 1.02. The van der Waals surface area contributed by atoms with E-state index < -0.39 is 6.04 Å². The van der Waals surface area contributed by atoms with Crippen LogP contribution in [0.2, 0.25) is 0 Å². The molecule has 0 aliphatic carbocycles. The van der Waals surface area contributed by atoms with Crippen LogP contribution in [0.15, 0.2) is 18.2 Å². The van der Waals surface area contributed by atoms with Crippen LogP contribution >= 0.6 is 0 Å². The fourth-order valence-electron chi connectivity index (χ4n) is 4.42. The van der Waals surface area contributed by atoms with Crippen molar-refractivity contribution in [3.63, 3.8) is 0 Å². The number of amides is 3. The van der Waals surface area contributed by atoms with E-state index in [2.05, 4.69) is 42.4 Å². The van der Waals surface area contributed by atoms with Gasteiger partial charge >= 0.3 is 0 Å². The van der Waals surface area contributed by atoms with Crippen molar-refractivity contribution in [1.82, 2.24) is 20.4 Å². The molecule has 0 radical (unpaired) electrons. The Bertz CT molecular complexity index is 835. The van der Waals surface area contributed by atoms with Gasteiger partial charge in [-0.25, -0.2) is 0 Å². The molecule has 3 amide bonds. The highest BCUT2D eigenvalue weighted by molar-refractivity contribution is 6.05. The molecule has 2 fully saturated rings. The molecule has 1 aromatic carbocycles. The molecule has 3 heterocycles. The predicted molar refractivity (Wildman–Crippen MR) is 104 cm³/mol. The van der Waals surface area contributed by atoms with Gasteiger partial charge in [0.15, 0.2) is 0 Å². The average Bonchev–Trinajstić information content (AvgIpc) is 2.94. The molecule has 2 saturated heterocycles. The van der Waals surface area contributed by atoms with Gasteiger partial charge in [0.1, 0.15) is 6.04 Å². The number of hydrogen-bond donors (Lipinski definition) is 2. The lowest BCUT2D eigenvalue weighted by Crippen LogP contribution is -2.60. The second-order valence-electron chi connectivity index (χ2n) is 8.91. The van der Waals surface area contributed by atoms with Gasteiger partial charge in [0.05, 0.1) is 0 Å². The van der Waals surface area contributed by atoms with E-state index in [-0.39, 0.29) is 29.7 Å². The first-order chi connectivity index (χ1) is 13.2. The highest BCUT2D eigenvalue weighted by Crippen LogP contribution is 2.29. The van der Waals surface area contributed by atoms with E-state index in [0.29, 0.717) is 24.6 Å². The Hall–Kier alpha value is -2.25. The van der Waals surface area contributed by atoms with Crippen LogP contribution in [0.3, 0.4) is 0 Å². The van der Waals surface area contributed by atoms with Gasteiger partial charge in [-0.05, 0) is 44.4 Å². The van der Waals surface area contributed by atoms with Gasteiger partial charge < -0.3 is 10.2 Å². The Balaban J connectivity index is 1.50. The zero-order valence-corrected chi connectivity index (χ0v) is 16.7. The molecule has 0 bridgehead atoms. The third-order valence-electron chi connectivity index (χ3n) is 6.08. The van der Waals surface area contributed by atoms with Crippen molar-refractivity contribution < 1.29 is 14.4 Å². The van der Waals surface area contributed by atoms with E-state index in [1.807, 2.05) is 12.1 Å². The molecule has 3 aliphatic heterocycles. The lowest BCUT2D eigenvalue weighted by molar-refractivity contribution is -0.136. The van der Waals surface area contributed by atoms with E-state index >= 15 is 0 Å². The molecule has 2 atom stereocenters. The standard InChI is InChI=1S/C21H28N4O3/c1-13-9-22-21(2,3)12-24(13)10-14-4-5-15-11-25(20(28)16(15)8-14)17-6-7-18(26)23-19(17)27/h4-5,8,13,17,22H,6-7,9-12H2,1-3H3,(H,23,26,27). The van der Waals surface area contributed by atoms with Crippen LogP contribution in [-0.2, 0) is 22.7 Å². The molecule has 0 spiro atoms. The van der Waals surface area contributed by atoms with Gasteiger partial charge in [-0.2, -0.15) is 0 Å². The summed E-state index contributed by atoms with van der Waals surface area (Å²) in [6.45, 7) is 9.74. The molecule has 2 N–H and O–H groups in total. The first-order valence-corrected chi connectivity index (χ1v) is 9.99. The zero-order chi connectivity index (χ0) is 20.1. The third-order valence-corrected chi connectivity index (χ3v) is 6.08. The summed E-state index contributed by atoms with van der Waals surface area (Å²) in [6, 6.07) is 5.94. The maximum atomic E-state index is 13.0. The summed E-state index contributed by atoms with van der Waals surface area (Å²) < 4.78 is 0. The molecule has 3 aliphatic rings. The topological polar surface area (TPSA) is 81.8 Å². The number of nitrogens with zero attached hydrogens (tertiary/aromatic N) is 2. The summed E-state index contributed by atoms with van der Waals surface area (Å²) in [5, 5.41) is 5.91. The molecular formula is C21H28N4O3. The molecule has 2 unspecified atom stereocenters. The molecule has 28 heavy (non-hydrogen) atoms. The molecule has 150 valence electrons. The number of hydrogen-bond acceptors (Lipinski definition) is 5. The van der Waals surface area contributed by atoms with Gasteiger partial charge in [-0.3, -0.25) is 24.6 Å². The van der Waals surface area contributed by atoms with Gasteiger partial charge in [0.2, 0.25) is 11.8 Å². The Labute approximate surface area is 165 Å². The van der Waals surface area contributed by atoms with Crippen LogP contribution in [0.1, 0.15) is 55.1 Å². The number of imide groups is 1. The fraction of sp³-hybridized carbons (Fsp3) is 0.571. The Morgan fingerprint density at radius 3 is 2.75 bits per heavy atom. The summed E-state index contributed by atoms with van der Waals surface area (Å²) in [4.78, 5) is 40.6. The highest BCUT2D eigenvalue weighted by atomic mass is 16.2. The van der Waals surface area contributed by atoms with Crippen LogP contribution in [0.5, 0.6) is 0 Å². The number of benzene rings is 1. The number of carbonyl (C=O) groups is 3. The lowest BCUT2D eigenvalue weighted by Gasteiger charge is -2.43. The summed E-state index contributed by atoms with van der Waals surface area (Å²) >= 11 is 0. The Kier molecular flexibility index (Phi) is 4.75. The van der Waals surface area contributed by atoms with E-state index in [1.165, 1.54) is 0 Å². The lowest BCUT2D eigenvalue weighted by atomic mass is 9.98. The third kappa shape index (κ3) is 3.56. The van der Waals surface area contributed by atoms with Crippen LogP contribution in [0.4, 0.5) is 0 Å². The van der Waals surface area contributed by atoms with E-state index in [9.17, 15) is 14.4 Å². The zero-order valence-electron chi connectivity index (χ0n) is 16.7. The number of piperazine rings is 1. The molecule has 7 nitrogen and oxygen atoms in total. The normalized spacial score (nSPS) is 27.7. The smallest absolute Gasteiger partial charge is 0.255 e. The second-order valence-corrected chi connectivity index (χ2v) is 8.91. The largest absolute Gasteiger partial charge is 0.322 e. The van der Waals surface area contributed by atoms with Crippen LogP contribution in [0, 0.1) is 0 Å². The van der Waals surface area contributed by atoms with E-state index in [0.717, 1.165) is 30.8 Å². The number of carbonyl (C=O) groups excluding carboxylic acids is 3.